The molecule has 6 heteroatoms. The first kappa shape index (κ1) is 37.8. The molecule has 1 aliphatic carbocycles. The topological polar surface area (TPSA) is 80.9 Å². The smallest absolute Gasteiger partial charge is 0.177 e. The summed E-state index contributed by atoms with van der Waals surface area (Å²) in [7, 11) is 0. The Kier molecular flexibility index (Phi) is 8.99. The van der Waals surface area contributed by atoms with Crippen LogP contribution in [-0.2, 0) is 5.41 Å². The molecule has 65 heavy (non-hydrogen) atoms. The number of hydrogen-bond donors (Lipinski definition) is 0. The van der Waals surface area contributed by atoms with E-state index in [2.05, 4.69) is 121 Å². The highest BCUT2D eigenvalue weighted by atomic mass is 16.6. The zero-order valence-electron chi connectivity index (χ0n) is 34.9. The van der Waals surface area contributed by atoms with Gasteiger partial charge in [-0.15, -0.1) is 0 Å². The maximum atomic E-state index is 9.60. The Bertz CT molecular complexity index is 3470. The van der Waals surface area contributed by atoms with Crippen molar-refractivity contribution in [2.75, 3.05) is 0 Å². The van der Waals surface area contributed by atoms with E-state index in [-0.39, 0.29) is 0 Å². The van der Waals surface area contributed by atoms with E-state index < -0.39 is 5.41 Å². The Balaban J connectivity index is 0.986. The fourth-order valence-electron chi connectivity index (χ4n) is 9.61. The molecule has 10 aromatic rings. The molecule has 6 nitrogen and oxygen atoms in total. The number of benzene rings is 9. The van der Waals surface area contributed by atoms with E-state index in [0.29, 0.717) is 46.0 Å². The Morgan fingerprint density at radius 3 is 1.63 bits per heavy atom. The van der Waals surface area contributed by atoms with Crippen molar-refractivity contribution in [3.63, 3.8) is 0 Å². The first-order chi connectivity index (χ1) is 32.2. The van der Waals surface area contributed by atoms with Crippen LogP contribution in [0.5, 0.6) is 23.0 Å². The first-order valence-electron chi connectivity index (χ1n) is 21.6. The Labute approximate surface area is 376 Å². The van der Waals surface area contributed by atoms with E-state index in [9.17, 15) is 5.26 Å². The quantitative estimate of drug-likeness (QED) is 0.159. The van der Waals surface area contributed by atoms with Crippen molar-refractivity contribution in [3.05, 3.63) is 246 Å². The van der Waals surface area contributed by atoms with Crippen molar-refractivity contribution in [1.82, 2.24) is 15.0 Å². The van der Waals surface area contributed by atoms with Crippen LogP contribution in [0.25, 0.3) is 67.5 Å². The van der Waals surface area contributed by atoms with Crippen molar-refractivity contribution >= 4 is 0 Å². The van der Waals surface area contributed by atoms with Crippen LogP contribution in [0.4, 0.5) is 0 Å². The molecule has 0 bridgehead atoms. The molecule has 0 saturated carbocycles. The summed E-state index contributed by atoms with van der Waals surface area (Å²) in [5, 5.41) is 9.60. The molecule has 0 radical (unpaired) electrons. The third kappa shape index (κ3) is 6.29. The minimum absolute atomic E-state index is 0.517. The molecule has 1 aliphatic heterocycles. The highest BCUT2D eigenvalue weighted by molar-refractivity contribution is 5.90. The van der Waals surface area contributed by atoms with Crippen LogP contribution in [0.15, 0.2) is 218 Å². The molecule has 1 aromatic heterocycles. The Morgan fingerprint density at radius 2 is 0.892 bits per heavy atom. The number of aromatic nitrogens is 3. The van der Waals surface area contributed by atoms with Gasteiger partial charge in [-0.05, 0) is 86.5 Å². The van der Waals surface area contributed by atoms with Gasteiger partial charge in [0, 0.05) is 22.3 Å². The maximum absolute atomic E-state index is 9.60. The van der Waals surface area contributed by atoms with Crippen LogP contribution < -0.4 is 9.47 Å². The number of fused-ring (bicyclic) bond motifs is 5. The van der Waals surface area contributed by atoms with E-state index in [4.69, 9.17) is 24.4 Å². The molecule has 2 heterocycles. The maximum Gasteiger partial charge on any atom is 0.177 e. The van der Waals surface area contributed by atoms with Gasteiger partial charge in [0.15, 0.2) is 40.5 Å². The number of rotatable bonds is 7. The van der Waals surface area contributed by atoms with Gasteiger partial charge in [0.25, 0.3) is 0 Å². The van der Waals surface area contributed by atoms with Crippen LogP contribution in [-0.4, -0.2) is 15.0 Å². The van der Waals surface area contributed by atoms with Crippen molar-refractivity contribution in [1.29, 1.82) is 5.26 Å². The standard InChI is InChI=1S/C59H36N4O2/c60-37-38-17-14-20-40(33-38)41-21-15-22-42(34-41)57-61-56(39-18-4-1-5-19-39)62-58(63-57)48-29-11-10-27-45(48)47-30-16-32-52-55(47)65-53-35-49-46-28-12-13-31-50(46)59(43-23-6-2-7-24-43,44-25-8-3-9-26-44)51(49)36-54(53)64-52/h1-36H. The molecule has 304 valence electrons. The second-order valence-electron chi connectivity index (χ2n) is 16.2. The van der Waals surface area contributed by atoms with Gasteiger partial charge in [0.1, 0.15) is 0 Å². The van der Waals surface area contributed by atoms with E-state index in [1.165, 1.54) is 16.7 Å². The minimum Gasteiger partial charge on any atom is -0.449 e. The van der Waals surface area contributed by atoms with Gasteiger partial charge in [-0.3, -0.25) is 0 Å². The Hall–Kier alpha value is -8.92. The second kappa shape index (κ2) is 15.5. The number of nitrogens with zero attached hydrogens (tertiary/aromatic N) is 4. The van der Waals surface area contributed by atoms with Crippen LogP contribution in [0, 0.1) is 11.3 Å². The van der Waals surface area contributed by atoms with Crippen molar-refractivity contribution < 1.29 is 9.47 Å². The molecule has 0 fully saturated rings. The number of hydrogen-bond acceptors (Lipinski definition) is 6. The van der Waals surface area contributed by atoms with Gasteiger partial charge in [-0.25, -0.2) is 15.0 Å². The van der Waals surface area contributed by atoms with Crippen molar-refractivity contribution in [3.8, 4) is 96.6 Å². The molecule has 0 unspecified atom stereocenters. The van der Waals surface area contributed by atoms with Crippen LogP contribution in [0.3, 0.4) is 0 Å². The number of ether oxygens (including phenoxy) is 2. The summed E-state index contributed by atoms with van der Waals surface area (Å²) in [5.74, 6) is 4.12. The summed E-state index contributed by atoms with van der Waals surface area (Å²) in [4.78, 5) is 15.3. The van der Waals surface area contributed by atoms with Gasteiger partial charge in [0.05, 0.1) is 17.0 Å². The summed E-state index contributed by atoms with van der Waals surface area (Å²) < 4.78 is 13.9. The molecule has 12 rings (SSSR count). The van der Waals surface area contributed by atoms with E-state index in [0.717, 1.165) is 55.6 Å². The van der Waals surface area contributed by atoms with Crippen molar-refractivity contribution in [2.24, 2.45) is 0 Å². The number of nitriles is 1. The zero-order valence-corrected chi connectivity index (χ0v) is 34.9. The number of para-hydroxylation sites is 1. The Morgan fingerprint density at radius 1 is 0.354 bits per heavy atom. The van der Waals surface area contributed by atoms with Crippen molar-refractivity contribution in [2.45, 2.75) is 5.41 Å². The predicted molar refractivity (Wildman–Crippen MR) is 256 cm³/mol. The fraction of sp³-hybridized carbons (Fsp3) is 0.0169. The lowest BCUT2D eigenvalue weighted by atomic mass is 9.67. The molecule has 0 N–H and O–H groups in total. The minimum atomic E-state index is -0.570. The van der Waals surface area contributed by atoms with E-state index in [1.54, 1.807) is 0 Å². The highest BCUT2D eigenvalue weighted by Gasteiger charge is 2.47. The third-order valence-electron chi connectivity index (χ3n) is 12.5. The summed E-state index contributed by atoms with van der Waals surface area (Å²) in [6.07, 6.45) is 0. The normalized spacial score (nSPS) is 12.7. The highest BCUT2D eigenvalue weighted by Crippen LogP contribution is 2.60. The summed E-state index contributed by atoms with van der Waals surface area (Å²) in [6.45, 7) is 0. The van der Waals surface area contributed by atoms with E-state index >= 15 is 0 Å². The monoisotopic (exact) mass is 832 g/mol. The van der Waals surface area contributed by atoms with Gasteiger partial charge in [-0.2, -0.15) is 5.26 Å². The lowest BCUT2D eigenvalue weighted by Gasteiger charge is -2.34. The second-order valence-corrected chi connectivity index (χ2v) is 16.2. The van der Waals surface area contributed by atoms with Gasteiger partial charge >= 0.3 is 0 Å². The van der Waals surface area contributed by atoms with E-state index in [1.807, 2.05) is 103 Å². The van der Waals surface area contributed by atoms with Gasteiger partial charge < -0.3 is 9.47 Å². The summed E-state index contributed by atoms with van der Waals surface area (Å²) in [6, 6.07) is 76.6. The largest absolute Gasteiger partial charge is 0.449 e. The molecule has 0 amide bonds. The molecule has 2 aliphatic rings. The summed E-state index contributed by atoms with van der Waals surface area (Å²) in [5.41, 5.74) is 13.1. The molecular formula is C59H36N4O2. The zero-order chi connectivity index (χ0) is 43.3. The van der Waals surface area contributed by atoms with Crippen LogP contribution >= 0.6 is 0 Å². The van der Waals surface area contributed by atoms with Gasteiger partial charge in [0.2, 0.25) is 0 Å². The summed E-state index contributed by atoms with van der Waals surface area (Å²) >= 11 is 0. The lowest BCUT2D eigenvalue weighted by Crippen LogP contribution is -2.28. The third-order valence-corrected chi connectivity index (χ3v) is 12.5. The van der Waals surface area contributed by atoms with Crippen LogP contribution in [0.1, 0.15) is 27.8 Å². The molecular weight excluding hydrogens is 797 g/mol. The molecule has 0 atom stereocenters. The van der Waals surface area contributed by atoms with Crippen LogP contribution in [0.2, 0.25) is 0 Å². The molecule has 0 spiro atoms. The molecule has 0 saturated heterocycles. The fourth-order valence-corrected chi connectivity index (χ4v) is 9.61. The van der Waals surface area contributed by atoms with Gasteiger partial charge in [-0.1, -0.05) is 182 Å². The lowest BCUT2D eigenvalue weighted by molar-refractivity contribution is 0.360. The first-order valence-corrected chi connectivity index (χ1v) is 21.6. The average molecular weight is 833 g/mol. The SMILES string of the molecule is N#Cc1cccc(-c2cccc(-c3nc(-c4ccccc4)nc(-c4ccccc4-c4cccc5c4Oc4cc6c(cc4O5)C(c4ccccc4)(c4ccccc4)c4ccccc4-6)n3)c2)c1. The average Bonchev–Trinajstić information content (AvgIpc) is 3.67. The predicted octanol–water partition coefficient (Wildman–Crippen LogP) is 14.3. The molecule has 9 aromatic carbocycles.